The molecule has 1 aliphatic carbocycles. The number of rotatable bonds is 4. The average molecular weight is 318 g/mol. The van der Waals surface area contributed by atoms with Crippen molar-refractivity contribution >= 4 is 10.0 Å². The van der Waals surface area contributed by atoms with Gasteiger partial charge < -0.3 is 0 Å². The number of hydrogen-bond donors (Lipinski definition) is 0. The summed E-state index contributed by atoms with van der Waals surface area (Å²) in [5, 5.41) is 9.21. The van der Waals surface area contributed by atoms with E-state index in [0.29, 0.717) is 12.5 Å². The third-order valence-corrected chi connectivity index (χ3v) is 6.98. The number of sulfonamides is 1. The van der Waals surface area contributed by atoms with Crippen LogP contribution >= 0.6 is 0 Å². The van der Waals surface area contributed by atoms with Crippen molar-refractivity contribution in [2.24, 2.45) is 11.8 Å². The van der Waals surface area contributed by atoms with E-state index in [1.54, 1.807) is 4.31 Å². The Morgan fingerprint density at radius 3 is 2.64 bits per heavy atom. The van der Waals surface area contributed by atoms with Crippen molar-refractivity contribution < 1.29 is 8.42 Å². The quantitative estimate of drug-likeness (QED) is 0.857. The summed E-state index contributed by atoms with van der Waals surface area (Å²) in [7, 11) is -3.41. The SMILES string of the molecule is CC(C)C(C#N)CS(=O)(=O)N1Cc2ccccc2C2CC1C2. The fourth-order valence-electron chi connectivity index (χ4n) is 3.48. The Kier molecular flexibility index (Phi) is 4.00. The molecular formula is C17H22N2O2S. The monoisotopic (exact) mass is 318 g/mol. The van der Waals surface area contributed by atoms with Crippen LogP contribution in [0.1, 0.15) is 43.7 Å². The summed E-state index contributed by atoms with van der Waals surface area (Å²) in [6.07, 6.45) is 1.82. The number of hydrogen-bond acceptors (Lipinski definition) is 3. The Balaban J connectivity index is 1.87. The van der Waals surface area contributed by atoms with Gasteiger partial charge in [0.1, 0.15) is 0 Å². The minimum absolute atomic E-state index is 0.0492. The van der Waals surface area contributed by atoms with E-state index in [1.807, 2.05) is 32.0 Å². The Hall–Kier alpha value is -1.38. The molecular weight excluding hydrogens is 296 g/mol. The molecule has 1 saturated carbocycles. The van der Waals surface area contributed by atoms with Gasteiger partial charge >= 0.3 is 0 Å². The lowest BCUT2D eigenvalue weighted by molar-refractivity contribution is 0.201. The summed E-state index contributed by atoms with van der Waals surface area (Å²) in [5.41, 5.74) is 2.42. The van der Waals surface area contributed by atoms with Crippen LogP contribution in [0.4, 0.5) is 0 Å². The molecule has 22 heavy (non-hydrogen) atoms. The Bertz CT molecular complexity index is 700. The summed E-state index contributed by atoms with van der Waals surface area (Å²) in [4.78, 5) is 0. The molecule has 0 saturated heterocycles. The summed E-state index contributed by atoms with van der Waals surface area (Å²) < 4.78 is 27.3. The molecule has 1 fully saturated rings. The second-order valence-corrected chi connectivity index (χ2v) is 8.79. The highest BCUT2D eigenvalue weighted by Crippen LogP contribution is 2.46. The Morgan fingerprint density at radius 2 is 2.00 bits per heavy atom. The van der Waals surface area contributed by atoms with Crippen LogP contribution in [0.2, 0.25) is 0 Å². The smallest absolute Gasteiger partial charge is 0.212 e. The van der Waals surface area contributed by atoms with Gasteiger partial charge in [0.25, 0.3) is 0 Å². The first-order valence-corrected chi connectivity index (χ1v) is 9.50. The van der Waals surface area contributed by atoms with Gasteiger partial charge in [-0.25, -0.2) is 8.42 Å². The van der Waals surface area contributed by atoms with Gasteiger partial charge in [-0.2, -0.15) is 9.57 Å². The van der Waals surface area contributed by atoms with Crippen molar-refractivity contribution in [2.75, 3.05) is 5.75 Å². The molecule has 3 aliphatic rings. The topological polar surface area (TPSA) is 61.2 Å². The molecule has 1 aromatic carbocycles. The molecule has 0 N–H and O–H groups in total. The highest BCUT2D eigenvalue weighted by atomic mass is 32.2. The lowest BCUT2D eigenvalue weighted by Gasteiger charge is -2.39. The molecule has 4 rings (SSSR count). The molecule has 0 spiro atoms. The van der Waals surface area contributed by atoms with Gasteiger partial charge in [0.05, 0.1) is 17.7 Å². The number of nitrogens with zero attached hydrogens (tertiary/aromatic N) is 2. The van der Waals surface area contributed by atoms with Crippen LogP contribution in [0.25, 0.3) is 0 Å². The van der Waals surface area contributed by atoms with Crippen LogP contribution in [-0.2, 0) is 16.6 Å². The predicted molar refractivity (Wildman–Crippen MR) is 85.5 cm³/mol. The first kappa shape index (κ1) is 15.5. The van der Waals surface area contributed by atoms with Gasteiger partial charge in [0.2, 0.25) is 10.0 Å². The van der Waals surface area contributed by atoms with Crippen molar-refractivity contribution in [3.05, 3.63) is 35.4 Å². The van der Waals surface area contributed by atoms with Crippen LogP contribution in [0, 0.1) is 23.2 Å². The lowest BCUT2D eigenvalue weighted by atomic mass is 9.76. The van der Waals surface area contributed by atoms with E-state index in [4.69, 9.17) is 0 Å². The van der Waals surface area contributed by atoms with E-state index in [0.717, 1.165) is 18.4 Å². The van der Waals surface area contributed by atoms with E-state index in [1.165, 1.54) is 5.56 Å². The second kappa shape index (κ2) is 5.68. The third-order valence-electron chi connectivity index (χ3n) is 5.06. The third kappa shape index (κ3) is 2.66. The fraction of sp³-hybridized carbons (Fsp3) is 0.588. The minimum atomic E-state index is -3.41. The van der Waals surface area contributed by atoms with Crippen molar-refractivity contribution in [2.45, 2.75) is 45.2 Å². The molecule has 4 nitrogen and oxygen atoms in total. The molecule has 1 aromatic rings. The highest BCUT2D eigenvalue weighted by Gasteiger charge is 2.44. The molecule has 2 aliphatic heterocycles. The van der Waals surface area contributed by atoms with Crippen molar-refractivity contribution in [3.8, 4) is 6.07 Å². The number of nitriles is 1. The van der Waals surface area contributed by atoms with Crippen LogP contribution in [0.3, 0.4) is 0 Å². The van der Waals surface area contributed by atoms with Gasteiger partial charge in [-0.15, -0.1) is 0 Å². The van der Waals surface area contributed by atoms with Gasteiger partial charge in [0.15, 0.2) is 0 Å². The van der Waals surface area contributed by atoms with E-state index >= 15 is 0 Å². The maximum atomic E-state index is 12.8. The van der Waals surface area contributed by atoms with Gasteiger partial charge in [-0.1, -0.05) is 38.1 Å². The number of benzene rings is 1. The Labute approximate surface area is 132 Å². The zero-order valence-corrected chi connectivity index (χ0v) is 13.9. The molecule has 0 amide bonds. The summed E-state index contributed by atoms with van der Waals surface area (Å²) in [5.74, 6) is 0.0376. The standard InChI is InChI=1S/C17H22N2O2S/c1-12(2)15(9-18)11-22(20,21)19-10-13-5-3-4-6-17(13)14-7-16(19)8-14/h3-6,12,14-16H,7-8,10-11H2,1-2H3. The fourth-order valence-corrected chi connectivity index (χ4v) is 5.54. The molecule has 0 aromatic heterocycles. The van der Waals surface area contributed by atoms with Crippen LogP contribution < -0.4 is 0 Å². The molecule has 1 atom stereocenters. The molecule has 118 valence electrons. The molecule has 2 heterocycles. The highest BCUT2D eigenvalue weighted by molar-refractivity contribution is 7.89. The summed E-state index contributed by atoms with van der Waals surface area (Å²) in [6, 6.07) is 10.4. The number of fused-ring (bicyclic) bond motifs is 1. The van der Waals surface area contributed by atoms with E-state index < -0.39 is 15.9 Å². The molecule has 1 unspecified atom stereocenters. The Morgan fingerprint density at radius 1 is 1.32 bits per heavy atom. The van der Waals surface area contributed by atoms with Crippen molar-refractivity contribution in [1.29, 1.82) is 5.26 Å². The molecule has 5 heteroatoms. The average Bonchev–Trinajstić information content (AvgIpc) is 2.69. The van der Waals surface area contributed by atoms with E-state index in [9.17, 15) is 13.7 Å². The second-order valence-electron chi connectivity index (χ2n) is 6.82. The van der Waals surface area contributed by atoms with Crippen molar-refractivity contribution in [3.63, 3.8) is 0 Å². The van der Waals surface area contributed by atoms with E-state index in [2.05, 4.69) is 12.1 Å². The van der Waals surface area contributed by atoms with Crippen molar-refractivity contribution in [1.82, 2.24) is 4.31 Å². The van der Waals surface area contributed by atoms with E-state index in [-0.39, 0.29) is 17.7 Å². The van der Waals surface area contributed by atoms with Gasteiger partial charge in [-0.3, -0.25) is 0 Å². The zero-order chi connectivity index (χ0) is 15.9. The minimum Gasteiger partial charge on any atom is -0.212 e. The summed E-state index contributed by atoms with van der Waals surface area (Å²) in [6.45, 7) is 4.26. The summed E-state index contributed by atoms with van der Waals surface area (Å²) >= 11 is 0. The molecule has 2 bridgehead atoms. The van der Waals surface area contributed by atoms with Crippen LogP contribution in [0.5, 0.6) is 0 Å². The lowest BCUT2D eigenvalue weighted by Crippen LogP contribution is -2.46. The van der Waals surface area contributed by atoms with Crippen LogP contribution in [-0.4, -0.2) is 24.5 Å². The maximum Gasteiger partial charge on any atom is 0.215 e. The predicted octanol–water partition coefficient (Wildman–Crippen LogP) is 2.87. The maximum absolute atomic E-state index is 12.8. The largest absolute Gasteiger partial charge is 0.215 e. The molecule has 0 radical (unpaired) electrons. The normalized spacial score (nSPS) is 25.7. The first-order chi connectivity index (χ1) is 10.4. The van der Waals surface area contributed by atoms with Crippen LogP contribution in [0.15, 0.2) is 24.3 Å². The zero-order valence-electron chi connectivity index (χ0n) is 13.1. The van der Waals surface area contributed by atoms with Gasteiger partial charge in [0, 0.05) is 12.6 Å². The first-order valence-electron chi connectivity index (χ1n) is 7.89. The van der Waals surface area contributed by atoms with Gasteiger partial charge in [-0.05, 0) is 35.8 Å².